The Kier molecular flexibility index (Phi) is 5.06. The summed E-state index contributed by atoms with van der Waals surface area (Å²) < 4.78 is 6.86. The van der Waals surface area contributed by atoms with Crippen LogP contribution in [0.15, 0.2) is 12.4 Å². The molecular weight excluding hydrogens is 466 g/mol. The summed E-state index contributed by atoms with van der Waals surface area (Å²) in [4.78, 5) is 47.8. The van der Waals surface area contributed by atoms with Gasteiger partial charge in [0.15, 0.2) is 16.6 Å². The van der Waals surface area contributed by atoms with Crippen LogP contribution in [-0.4, -0.2) is 67.5 Å². The minimum atomic E-state index is -0.467. The molecule has 0 aliphatic heterocycles. The van der Waals surface area contributed by atoms with E-state index in [0.717, 1.165) is 47.1 Å². The first-order valence-electron chi connectivity index (χ1n) is 11.9. The number of esters is 1. The molecule has 2 saturated carbocycles. The molecule has 2 aliphatic rings. The van der Waals surface area contributed by atoms with Gasteiger partial charge < -0.3 is 24.1 Å². The summed E-state index contributed by atoms with van der Waals surface area (Å²) in [5.74, 6) is 0.230. The predicted octanol–water partition coefficient (Wildman–Crippen LogP) is 4.02. The number of ether oxygens (including phenoxy) is 1. The summed E-state index contributed by atoms with van der Waals surface area (Å²) in [7, 11) is 3.20. The van der Waals surface area contributed by atoms with Crippen molar-refractivity contribution in [3.8, 4) is 0 Å². The molecule has 4 aromatic rings. The van der Waals surface area contributed by atoms with Crippen LogP contribution in [0.5, 0.6) is 0 Å². The molecule has 0 unspecified atom stereocenters. The van der Waals surface area contributed by atoms with Gasteiger partial charge in [-0.15, -0.1) is 11.3 Å². The van der Waals surface area contributed by atoms with Crippen LogP contribution in [0, 0.1) is 6.92 Å². The molecule has 0 atom stereocenters. The largest absolute Gasteiger partial charge is 0.464 e. The van der Waals surface area contributed by atoms with Crippen molar-refractivity contribution in [2.75, 3.05) is 19.1 Å². The van der Waals surface area contributed by atoms with E-state index in [1.165, 1.54) is 18.4 Å². The number of aromatic amines is 1. The molecule has 4 heterocycles. The molecule has 0 radical (unpaired) electrons. The van der Waals surface area contributed by atoms with Gasteiger partial charge >= 0.3 is 5.97 Å². The third-order valence-corrected chi connectivity index (χ3v) is 7.87. The molecular formula is C24H27N7O3S. The van der Waals surface area contributed by atoms with Crippen LogP contribution in [0.4, 0.5) is 10.9 Å². The van der Waals surface area contributed by atoms with Gasteiger partial charge in [0.2, 0.25) is 0 Å². The SMILES string of the molecule is CCn1c(C(=O)N(C2CC2)C2CC2)cc2c3[nH]cnc3c(N(C)c3nc(C(=O)OC)c(C)s3)nc21. The predicted molar refractivity (Wildman–Crippen MR) is 134 cm³/mol. The number of aryl methyl sites for hydroxylation is 2. The summed E-state index contributed by atoms with van der Waals surface area (Å²) in [5, 5.41) is 1.48. The highest BCUT2D eigenvalue weighted by molar-refractivity contribution is 7.15. The van der Waals surface area contributed by atoms with E-state index in [4.69, 9.17) is 9.72 Å². The number of hydrogen-bond acceptors (Lipinski definition) is 8. The molecule has 11 heteroatoms. The second-order valence-corrected chi connectivity index (χ2v) is 10.4. The van der Waals surface area contributed by atoms with E-state index in [-0.39, 0.29) is 5.91 Å². The van der Waals surface area contributed by atoms with Gasteiger partial charge in [0.1, 0.15) is 16.9 Å². The summed E-state index contributed by atoms with van der Waals surface area (Å²) in [6.07, 6.45) is 6.00. The molecule has 0 spiro atoms. The van der Waals surface area contributed by atoms with Gasteiger partial charge in [0, 0.05) is 35.9 Å². The van der Waals surface area contributed by atoms with E-state index in [2.05, 4.69) is 19.9 Å². The number of pyridine rings is 1. The van der Waals surface area contributed by atoms with Crippen molar-refractivity contribution in [1.29, 1.82) is 0 Å². The Bertz CT molecular complexity index is 1470. The summed E-state index contributed by atoms with van der Waals surface area (Å²) in [5.41, 5.74) is 3.19. The molecule has 35 heavy (non-hydrogen) atoms. The molecule has 6 rings (SSSR count). The number of nitrogens with one attached hydrogen (secondary N) is 1. The van der Waals surface area contributed by atoms with E-state index in [1.54, 1.807) is 6.33 Å². The molecule has 4 aromatic heterocycles. The Hall–Kier alpha value is -3.47. The average molecular weight is 494 g/mol. The van der Waals surface area contributed by atoms with Crippen molar-refractivity contribution in [3.63, 3.8) is 0 Å². The number of amides is 1. The van der Waals surface area contributed by atoms with E-state index in [1.807, 2.05) is 36.4 Å². The van der Waals surface area contributed by atoms with Crippen molar-refractivity contribution in [2.24, 2.45) is 0 Å². The second-order valence-electron chi connectivity index (χ2n) is 9.20. The zero-order chi connectivity index (χ0) is 24.4. The Morgan fingerprint density at radius 1 is 1.23 bits per heavy atom. The van der Waals surface area contributed by atoms with Crippen LogP contribution in [0.2, 0.25) is 0 Å². The number of carbonyl (C=O) groups is 2. The third-order valence-electron chi connectivity index (χ3n) is 6.82. The lowest BCUT2D eigenvalue weighted by atomic mass is 10.2. The Labute approximate surface area is 205 Å². The van der Waals surface area contributed by atoms with Crippen LogP contribution in [0.1, 0.15) is 58.5 Å². The Morgan fingerprint density at radius 2 is 1.94 bits per heavy atom. The van der Waals surface area contributed by atoms with Crippen molar-refractivity contribution in [1.82, 2.24) is 29.4 Å². The fraction of sp³-hybridized carbons (Fsp3) is 0.458. The lowest BCUT2D eigenvalue weighted by Crippen LogP contribution is -2.36. The highest BCUT2D eigenvalue weighted by Gasteiger charge is 2.43. The first kappa shape index (κ1) is 22.0. The number of rotatable bonds is 7. The van der Waals surface area contributed by atoms with E-state index >= 15 is 0 Å². The molecule has 0 bridgehead atoms. The van der Waals surface area contributed by atoms with Crippen LogP contribution in [-0.2, 0) is 11.3 Å². The Balaban J connectivity index is 1.48. The lowest BCUT2D eigenvalue weighted by Gasteiger charge is -2.22. The van der Waals surface area contributed by atoms with Crippen LogP contribution in [0.3, 0.4) is 0 Å². The van der Waals surface area contributed by atoms with Gasteiger partial charge in [0.25, 0.3) is 5.91 Å². The maximum Gasteiger partial charge on any atom is 0.357 e. The number of fused-ring (bicyclic) bond motifs is 3. The molecule has 1 N–H and O–H groups in total. The molecule has 2 aliphatic carbocycles. The van der Waals surface area contributed by atoms with Crippen molar-refractivity contribution in [3.05, 3.63) is 28.7 Å². The molecule has 182 valence electrons. The minimum Gasteiger partial charge on any atom is -0.464 e. The fourth-order valence-corrected chi connectivity index (χ4v) is 5.63. The number of methoxy groups -OCH3 is 1. The van der Waals surface area contributed by atoms with E-state index < -0.39 is 5.97 Å². The summed E-state index contributed by atoms with van der Waals surface area (Å²) in [6.45, 7) is 4.49. The zero-order valence-corrected chi connectivity index (χ0v) is 21.0. The fourth-order valence-electron chi connectivity index (χ4n) is 4.77. The van der Waals surface area contributed by atoms with E-state index in [0.29, 0.717) is 46.5 Å². The van der Waals surface area contributed by atoms with Crippen LogP contribution in [0.25, 0.3) is 22.1 Å². The topological polar surface area (TPSA) is 109 Å². The molecule has 2 fully saturated rings. The Morgan fingerprint density at radius 3 is 2.57 bits per heavy atom. The van der Waals surface area contributed by atoms with Crippen molar-refractivity contribution < 1.29 is 14.3 Å². The van der Waals surface area contributed by atoms with Crippen LogP contribution >= 0.6 is 11.3 Å². The van der Waals surface area contributed by atoms with Gasteiger partial charge in [-0.05, 0) is 45.6 Å². The first-order chi connectivity index (χ1) is 16.9. The average Bonchev–Trinajstić information content (AvgIpc) is 3.75. The van der Waals surface area contributed by atoms with Crippen LogP contribution < -0.4 is 4.90 Å². The summed E-state index contributed by atoms with van der Waals surface area (Å²) >= 11 is 1.39. The maximum absolute atomic E-state index is 13.7. The number of imidazole rings is 1. The zero-order valence-electron chi connectivity index (χ0n) is 20.2. The smallest absolute Gasteiger partial charge is 0.357 e. The van der Waals surface area contributed by atoms with Crippen molar-refractivity contribution in [2.45, 2.75) is 58.2 Å². The highest BCUT2D eigenvalue weighted by atomic mass is 32.1. The molecule has 1 amide bonds. The highest BCUT2D eigenvalue weighted by Crippen LogP contribution is 2.40. The first-order valence-corrected chi connectivity index (χ1v) is 12.7. The number of anilines is 2. The minimum absolute atomic E-state index is 0.0932. The van der Waals surface area contributed by atoms with Gasteiger partial charge in [-0.2, -0.15) is 0 Å². The third kappa shape index (κ3) is 3.48. The quantitative estimate of drug-likeness (QED) is 0.387. The number of hydrogen-bond donors (Lipinski definition) is 1. The molecule has 10 nitrogen and oxygen atoms in total. The second kappa shape index (κ2) is 8.04. The number of H-pyrrole nitrogens is 1. The van der Waals surface area contributed by atoms with Gasteiger partial charge in [-0.3, -0.25) is 4.79 Å². The number of aromatic nitrogens is 5. The molecule has 0 saturated heterocycles. The van der Waals surface area contributed by atoms with Gasteiger partial charge in [-0.25, -0.2) is 19.7 Å². The van der Waals surface area contributed by atoms with Gasteiger partial charge in [-0.1, -0.05) is 0 Å². The van der Waals surface area contributed by atoms with Crippen molar-refractivity contribution >= 4 is 56.2 Å². The lowest BCUT2D eigenvalue weighted by molar-refractivity contribution is 0.0593. The molecule has 0 aromatic carbocycles. The normalized spacial score (nSPS) is 15.7. The van der Waals surface area contributed by atoms with E-state index in [9.17, 15) is 9.59 Å². The number of thiazole rings is 1. The number of carbonyl (C=O) groups excluding carboxylic acids is 2. The standard InChI is InChI=1S/C24H27N7O3S/c1-5-30-16(22(32)31(13-6-7-13)14-8-9-14)10-15-18-19(26-11-25-18)21(28-20(15)30)29(3)24-27-17(12(2)35-24)23(33)34-4/h10-11,13-14H,5-9H2,1-4H3,(H,25,26). The van der Waals surface area contributed by atoms with Gasteiger partial charge in [0.05, 0.1) is 19.0 Å². The monoisotopic (exact) mass is 493 g/mol. The maximum atomic E-state index is 13.7. The summed E-state index contributed by atoms with van der Waals surface area (Å²) in [6, 6.07) is 2.70. The number of nitrogens with zero attached hydrogens (tertiary/aromatic N) is 6.